The van der Waals surface area contributed by atoms with Crippen molar-refractivity contribution >= 4 is 35.8 Å². The van der Waals surface area contributed by atoms with Crippen LogP contribution in [0.25, 0.3) is 11.5 Å². The molecule has 0 aliphatic carbocycles. The molecule has 0 N–H and O–H groups in total. The van der Waals surface area contributed by atoms with E-state index in [1.807, 2.05) is 42.5 Å². The second-order valence-corrected chi connectivity index (χ2v) is 6.38. The second kappa shape index (κ2) is 5.57. The Labute approximate surface area is 121 Å². The quantitative estimate of drug-likeness (QED) is 0.688. The monoisotopic (exact) mass is 336 g/mol. The maximum absolute atomic E-state index is 5.85. The van der Waals surface area contributed by atoms with Crippen molar-refractivity contribution in [3.8, 4) is 11.5 Å². The molecule has 3 aromatic rings. The Morgan fingerprint density at radius 3 is 2.37 bits per heavy atom. The summed E-state index contributed by atoms with van der Waals surface area (Å²) in [5, 5.41) is 8.85. The first-order chi connectivity index (χ1) is 9.31. The van der Waals surface area contributed by atoms with Crippen LogP contribution in [-0.4, -0.2) is 25.2 Å². The molecule has 0 saturated heterocycles. The zero-order chi connectivity index (χ0) is 13.1. The van der Waals surface area contributed by atoms with Crippen molar-refractivity contribution in [2.24, 2.45) is 0 Å². The molecule has 0 radical (unpaired) electrons. The molecule has 3 nitrogen and oxygen atoms in total. The molecule has 0 spiro atoms. The van der Waals surface area contributed by atoms with Crippen LogP contribution >= 0.6 is 11.6 Å². The van der Waals surface area contributed by atoms with Gasteiger partial charge in [-0.15, -0.1) is 0 Å². The van der Waals surface area contributed by atoms with E-state index in [0.29, 0.717) is 15.7 Å². The van der Waals surface area contributed by atoms with Gasteiger partial charge >= 0.3 is 121 Å². The Morgan fingerprint density at radius 1 is 0.895 bits per heavy atom. The van der Waals surface area contributed by atoms with E-state index in [0.717, 1.165) is 5.56 Å². The van der Waals surface area contributed by atoms with Crippen molar-refractivity contribution in [1.29, 1.82) is 0 Å². The van der Waals surface area contributed by atoms with Crippen molar-refractivity contribution in [3.63, 3.8) is 0 Å². The third-order valence-electron chi connectivity index (χ3n) is 2.45. The third-order valence-corrected chi connectivity index (χ3v) is 4.48. The van der Waals surface area contributed by atoms with Crippen molar-refractivity contribution in [2.75, 3.05) is 0 Å². The molecule has 19 heavy (non-hydrogen) atoms. The summed E-state index contributed by atoms with van der Waals surface area (Å²) in [6.45, 7) is 0. The van der Waals surface area contributed by atoms with Crippen LogP contribution in [0.3, 0.4) is 0 Å². The first-order valence-corrected chi connectivity index (χ1v) is 7.73. The summed E-state index contributed by atoms with van der Waals surface area (Å²) in [5.41, 5.74) is 0.881. The van der Waals surface area contributed by atoms with Crippen LogP contribution in [0.15, 0.2) is 59.0 Å². The van der Waals surface area contributed by atoms with Gasteiger partial charge < -0.3 is 0 Å². The molecule has 0 atom stereocenters. The molecular weight excluding hydrogens is 327 g/mol. The summed E-state index contributed by atoms with van der Waals surface area (Å²) in [6.07, 6.45) is 0. The molecule has 1 aromatic heterocycles. The van der Waals surface area contributed by atoms with E-state index < -0.39 is 0 Å². The minimum absolute atomic E-state index is 0.0406. The Kier molecular flexibility index (Phi) is 3.64. The number of nitrogens with zero attached hydrogens (tertiary/aromatic N) is 2. The van der Waals surface area contributed by atoms with Gasteiger partial charge in [0.2, 0.25) is 0 Å². The minimum atomic E-state index is 0.0406. The van der Waals surface area contributed by atoms with Crippen LogP contribution in [0, 0.1) is 0 Å². The van der Waals surface area contributed by atoms with Gasteiger partial charge in [0, 0.05) is 0 Å². The van der Waals surface area contributed by atoms with Crippen molar-refractivity contribution in [3.05, 3.63) is 59.6 Å². The van der Waals surface area contributed by atoms with Crippen LogP contribution in [0.2, 0.25) is 5.02 Å². The standard InChI is InChI=1S/C14H9ClN2OSe/c15-11-8-6-10(7-9-11)13-16-17-14(18-13)19-12-4-2-1-3-5-12/h1-9H. The Hall–Kier alpha value is -1.61. The summed E-state index contributed by atoms with van der Waals surface area (Å²) >= 11 is 5.89. The van der Waals surface area contributed by atoms with Gasteiger partial charge in [-0.2, -0.15) is 0 Å². The van der Waals surface area contributed by atoms with E-state index in [1.165, 1.54) is 4.46 Å². The fourth-order valence-electron chi connectivity index (χ4n) is 1.55. The molecule has 0 aliphatic heterocycles. The average molecular weight is 336 g/mol. The Morgan fingerprint density at radius 2 is 1.63 bits per heavy atom. The van der Waals surface area contributed by atoms with E-state index >= 15 is 0 Å². The van der Waals surface area contributed by atoms with Crippen molar-refractivity contribution in [1.82, 2.24) is 10.2 Å². The number of aromatic nitrogens is 2. The zero-order valence-corrected chi connectivity index (χ0v) is 12.3. The van der Waals surface area contributed by atoms with Gasteiger partial charge in [0.15, 0.2) is 0 Å². The SMILES string of the molecule is Clc1ccc(-c2nnc([Se]c3ccccc3)o2)cc1. The van der Waals surface area contributed by atoms with Gasteiger partial charge in [0.1, 0.15) is 0 Å². The number of benzene rings is 2. The van der Waals surface area contributed by atoms with E-state index in [1.54, 1.807) is 0 Å². The first-order valence-electron chi connectivity index (χ1n) is 5.63. The van der Waals surface area contributed by atoms with Gasteiger partial charge in [-0.25, -0.2) is 0 Å². The van der Waals surface area contributed by atoms with Gasteiger partial charge in [-0.05, 0) is 0 Å². The van der Waals surface area contributed by atoms with E-state index in [9.17, 15) is 0 Å². The second-order valence-electron chi connectivity index (χ2n) is 3.80. The molecule has 1 heterocycles. The number of hydrogen-bond acceptors (Lipinski definition) is 3. The number of halogens is 1. The molecule has 0 bridgehead atoms. The van der Waals surface area contributed by atoms with Crippen LogP contribution in [0.1, 0.15) is 0 Å². The molecule has 0 amide bonds. The predicted octanol–water partition coefficient (Wildman–Crippen LogP) is 2.04. The molecule has 2 aromatic carbocycles. The van der Waals surface area contributed by atoms with Gasteiger partial charge in [0.05, 0.1) is 0 Å². The average Bonchev–Trinajstić information content (AvgIpc) is 2.89. The van der Waals surface area contributed by atoms with Crippen molar-refractivity contribution < 1.29 is 4.42 Å². The molecule has 0 saturated carbocycles. The summed E-state index contributed by atoms with van der Waals surface area (Å²) in [4.78, 5) is 0.670. The molecular formula is C14H9ClN2OSe. The fourth-order valence-corrected chi connectivity index (χ4v) is 3.14. The molecule has 0 aliphatic rings. The fraction of sp³-hybridized carbons (Fsp3) is 0. The zero-order valence-electron chi connectivity index (χ0n) is 9.79. The first kappa shape index (κ1) is 12.4. The summed E-state index contributed by atoms with van der Waals surface area (Å²) in [5.74, 6) is 0.532. The molecule has 5 heteroatoms. The third kappa shape index (κ3) is 3.04. The van der Waals surface area contributed by atoms with E-state index in [-0.39, 0.29) is 15.0 Å². The molecule has 0 fully saturated rings. The van der Waals surface area contributed by atoms with Gasteiger partial charge in [0.25, 0.3) is 0 Å². The molecule has 94 valence electrons. The normalized spacial score (nSPS) is 10.6. The van der Waals surface area contributed by atoms with Crippen LogP contribution in [0.5, 0.6) is 0 Å². The summed E-state index contributed by atoms with van der Waals surface area (Å²) in [7, 11) is 0. The number of rotatable bonds is 3. The van der Waals surface area contributed by atoms with Gasteiger partial charge in [-0.1, -0.05) is 0 Å². The van der Waals surface area contributed by atoms with Gasteiger partial charge in [-0.3, -0.25) is 0 Å². The van der Waals surface area contributed by atoms with Crippen LogP contribution in [-0.2, 0) is 0 Å². The Balaban J connectivity index is 1.82. The summed E-state index contributed by atoms with van der Waals surface area (Å²) < 4.78 is 6.89. The van der Waals surface area contributed by atoms with Crippen LogP contribution in [0.4, 0.5) is 0 Å². The summed E-state index contributed by atoms with van der Waals surface area (Å²) in [6, 6.07) is 17.5. The number of hydrogen-bond donors (Lipinski definition) is 0. The maximum atomic E-state index is 5.85. The van der Waals surface area contributed by atoms with Crippen LogP contribution < -0.4 is 9.25 Å². The van der Waals surface area contributed by atoms with E-state index in [2.05, 4.69) is 22.3 Å². The molecule has 3 rings (SSSR count). The Bertz CT molecular complexity index is 667. The van der Waals surface area contributed by atoms with E-state index in [4.69, 9.17) is 16.0 Å². The molecule has 0 unspecified atom stereocenters. The van der Waals surface area contributed by atoms with Crippen molar-refractivity contribution in [2.45, 2.75) is 0 Å². The topological polar surface area (TPSA) is 38.9 Å². The predicted molar refractivity (Wildman–Crippen MR) is 76.2 cm³/mol.